The summed E-state index contributed by atoms with van der Waals surface area (Å²) in [6.45, 7) is 6.84. The van der Waals surface area contributed by atoms with Gasteiger partial charge in [0.25, 0.3) is 0 Å². The van der Waals surface area contributed by atoms with Gasteiger partial charge >= 0.3 is 0 Å². The Morgan fingerprint density at radius 3 is 2.47 bits per heavy atom. The van der Waals surface area contributed by atoms with Gasteiger partial charge in [0.05, 0.1) is 4.47 Å². The highest BCUT2D eigenvalue weighted by Gasteiger charge is 2.05. The normalized spacial score (nSPS) is 10.6. The summed E-state index contributed by atoms with van der Waals surface area (Å²) in [5, 5.41) is 3.36. The molecule has 0 radical (unpaired) electrons. The molecule has 0 atom stereocenters. The van der Waals surface area contributed by atoms with Crippen LogP contribution in [0.5, 0.6) is 0 Å². The van der Waals surface area contributed by atoms with Crippen molar-refractivity contribution in [3.63, 3.8) is 0 Å². The molecule has 0 aliphatic carbocycles. The maximum atomic E-state index is 13.4. The molecule has 2 aromatic rings. The molecule has 0 heterocycles. The highest BCUT2D eigenvalue weighted by molar-refractivity contribution is 9.10. The third kappa shape index (κ3) is 3.35. The third-order valence-electron chi connectivity index (χ3n) is 3.23. The van der Waals surface area contributed by atoms with E-state index in [-0.39, 0.29) is 5.82 Å². The van der Waals surface area contributed by atoms with Crippen LogP contribution in [0.1, 0.15) is 22.3 Å². The van der Waals surface area contributed by atoms with Crippen molar-refractivity contribution in [1.82, 2.24) is 0 Å². The number of hydrogen-bond donors (Lipinski definition) is 1. The largest absolute Gasteiger partial charge is 0.381 e. The van der Waals surface area contributed by atoms with Crippen molar-refractivity contribution in [2.75, 3.05) is 5.32 Å². The van der Waals surface area contributed by atoms with Crippen molar-refractivity contribution < 1.29 is 4.39 Å². The Hall–Kier alpha value is -1.35. The summed E-state index contributed by atoms with van der Waals surface area (Å²) in [4.78, 5) is 0. The van der Waals surface area contributed by atoms with Crippen LogP contribution in [0.15, 0.2) is 34.8 Å². The Bertz CT molecular complexity index is 608. The maximum Gasteiger partial charge on any atom is 0.137 e. The number of hydrogen-bond acceptors (Lipinski definition) is 1. The first-order valence-electron chi connectivity index (χ1n) is 6.23. The standard InChI is InChI=1S/C16H17BrFN/c1-10-4-5-13(11(2)6-10)9-19-16-8-14(17)15(18)7-12(16)3/h4-8,19H,9H2,1-3H3. The van der Waals surface area contributed by atoms with Crippen LogP contribution in [0.2, 0.25) is 0 Å². The van der Waals surface area contributed by atoms with E-state index in [1.807, 2.05) is 6.92 Å². The van der Waals surface area contributed by atoms with Crippen LogP contribution in [-0.2, 0) is 6.54 Å². The van der Waals surface area contributed by atoms with E-state index in [4.69, 9.17) is 0 Å². The molecule has 0 saturated heterocycles. The Morgan fingerprint density at radius 1 is 1.05 bits per heavy atom. The Morgan fingerprint density at radius 2 is 1.79 bits per heavy atom. The second-order valence-corrected chi connectivity index (χ2v) is 5.72. The Kier molecular flexibility index (Phi) is 4.25. The summed E-state index contributed by atoms with van der Waals surface area (Å²) >= 11 is 3.22. The predicted molar refractivity (Wildman–Crippen MR) is 82.1 cm³/mol. The van der Waals surface area contributed by atoms with Crippen LogP contribution in [0.25, 0.3) is 0 Å². The number of rotatable bonds is 3. The molecule has 2 aromatic carbocycles. The van der Waals surface area contributed by atoms with Crippen molar-refractivity contribution >= 4 is 21.6 Å². The minimum absolute atomic E-state index is 0.227. The lowest BCUT2D eigenvalue weighted by molar-refractivity contribution is 0.620. The van der Waals surface area contributed by atoms with Crippen LogP contribution < -0.4 is 5.32 Å². The van der Waals surface area contributed by atoms with E-state index < -0.39 is 0 Å². The van der Waals surface area contributed by atoms with Gasteiger partial charge < -0.3 is 5.32 Å². The third-order valence-corrected chi connectivity index (χ3v) is 3.84. The Balaban J connectivity index is 2.16. The molecule has 0 spiro atoms. The number of nitrogens with one attached hydrogen (secondary N) is 1. The molecule has 19 heavy (non-hydrogen) atoms. The smallest absolute Gasteiger partial charge is 0.137 e. The van der Waals surface area contributed by atoms with Gasteiger partial charge in [-0.25, -0.2) is 4.39 Å². The summed E-state index contributed by atoms with van der Waals surface area (Å²) in [6.07, 6.45) is 0. The minimum atomic E-state index is -0.227. The molecule has 0 aromatic heterocycles. The van der Waals surface area contributed by atoms with E-state index in [9.17, 15) is 4.39 Å². The van der Waals surface area contributed by atoms with Crippen LogP contribution in [0, 0.1) is 26.6 Å². The first-order chi connectivity index (χ1) is 8.97. The highest BCUT2D eigenvalue weighted by atomic mass is 79.9. The van der Waals surface area contributed by atoms with E-state index in [1.54, 1.807) is 6.07 Å². The SMILES string of the molecule is Cc1ccc(CNc2cc(Br)c(F)cc2C)c(C)c1. The average molecular weight is 322 g/mol. The molecule has 0 aliphatic rings. The van der Waals surface area contributed by atoms with Crippen molar-refractivity contribution in [1.29, 1.82) is 0 Å². The molecule has 0 aliphatic heterocycles. The summed E-state index contributed by atoms with van der Waals surface area (Å²) in [7, 11) is 0. The fourth-order valence-electron chi connectivity index (χ4n) is 2.07. The zero-order chi connectivity index (χ0) is 14.0. The second-order valence-electron chi connectivity index (χ2n) is 4.86. The van der Waals surface area contributed by atoms with Crippen molar-refractivity contribution in [2.45, 2.75) is 27.3 Å². The molecule has 2 rings (SSSR count). The summed E-state index contributed by atoms with van der Waals surface area (Å²) in [5.41, 5.74) is 5.65. The topological polar surface area (TPSA) is 12.0 Å². The lowest BCUT2D eigenvalue weighted by Crippen LogP contribution is -2.03. The van der Waals surface area contributed by atoms with Gasteiger partial charge in [0.15, 0.2) is 0 Å². The van der Waals surface area contributed by atoms with E-state index in [1.165, 1.54) is 22.8 Å². The molecule has 0 amide bonds. The molecular formula is C16H17BrFN. The second kappa shape index (κ2) is 5.74. The number of halogens is 2. The van der Waals surface area contributed by atoms with E-state index in [0.717, 1.165) is 17.8 Å². The molecule has 0 saturated carbocycles. The van der Waals surface area contributed by atoms with Gasteiger partial charge in [-0.2, -0.15) is 0 Å². The maximum absolute atomic E-state index is 13.4. The number of anilines is 1. The molecule has 1 nitrogen and oxygen atoms in total. The quantitative estimate of drug-likeness (QED) is 0.826. The first-order valence-corrected chi connectivity index (χ1v) is 7.02. The van der Waals surface area contributed by atoms with Gasteiger partial charge in [0, 0.05) is 12.2 Å². The van der Waals surface area contributed by atoms with E-state index in [2.05, 4.69) is 53.3 Å². The van der Waals surface area contributed by atoms with Gasteiger partial charge in [0.2, 0.25) is 0 Å². The number of aryl methyl sites for hydroxylation is 3. The predicted octanol–water partition coefficient (Wildman–Crippen LogP) is 5.13. The van der Waals surface area contributed by atoms with Crippen molar-refractivity contribution in [3.05, 3.63) is 62.9 Å². The molecule has 0 unspecified atom stereocenters. The van der Waals surface area contributed by atoms with Crippen molar-refractivity contribution in [3.8, 4) is 0 Å². The van der Waals surface area contributed by atoms with Crippen LogP contribution >= 0.6 is 15.9 Å². The minimum Gasteiger partial charge on any atom is -0.381 e. The molecule has 1 N–H and O–H groups in total. The zero-order valence-electron chi connectivity index (χ0n) is 11.3. The fourth-order valence-corrected chi connectivity index (χ4v) is 2.41. The molecule has 0 bridgehead atoms. The van der Waals surface area contributed by atoms with Crippen molar-refractivity contribution in [2.24, 2.45) is 0 Å². The molecule has 0 fully saturated rings. The van der Waals surface area contributed by atoms with Gasteiger partial charge in [-0.3, -0.25) is 0 Å². The van der Waals surface area contributed by atoms with E-state index >= 15 is 0 Å². The van der Waals surface area contributed by atoms with Crippen LogP contribution in [0.4, 0.5) is 10.1 Å². The van der Waals surface area contributed by atoms with E-state index in [0.29, 0.717) is 4.47 Å². The molecule has 100 valence electrons. The average Bonchev–Trinajstić information content (AvgIpc) is 2.34. The highest BCUT2D eigenvalue weighted by Crippen LogP contribution is 2.25. The lowest BCUT2D eigenvalue weighted by Gasteiger charge is -2.12. The van der Waals surface area contributed by atoms with Gasteiger partial charge in [-0.15, -0.1) is 0 Å². The van der Waals surface area contributed by atoms with Gasteiger partial charge in [-0.1, -0.05) is 23.8 Å². The Labute approximate surface area is 122 Å². The van der Waals surface area contributed by atoms with Gasteiger partial charge in [-0.05, 0) is 65.5 Å². The van der Waals surface area contributed by atoms with Gasteiger partial charge in [0.1, 0.15) is 5.82 Å². The van der Waals surface area contributed by atoms with Crippen LogP contribution in [-0.4, -0.2) is 0 Å². The zero-order valence-corrected chi connectivity index (χ0v) is 12.9. The summed E-state index contributed by atoms with van der Waals surface area (Å²) in [6, 6.07) is 9.73. The first kappa shape index (κ1) is 14.1. The number of benzene rings is 2. The lowest BCUT2D eigenvalue weighted by atomic mass is 10.1. The molecule has 3 heteroatoms. The monoisotopic (exact) mass is 321 g/mol. The molecular weight excluding hydrogens is 305 g/mol. The summed E-state index contributed by atoms with van der Waals surface area (Å²) in [5.74, 6) is -0.227. The van der Waals surface area contributed by atoms with Crippen LogP contribution in [0.3, 0.4) is 0 Å². The summed E-state index contributed by atoms with van der Waals surface area (Å²) < 4.78 is 13.8. The fraction of sp³-hybridized carbons (Fsp3) is 0.250.